The van der Waals surface area contributed by atoms with E-state index in [1.165, 1.54) is 0 Å². The first-order chi connectivity index (χ1) is 8.65. The maximum Gasteiger partial charge on any atom is 0.307 e. The zero-order chi connectivity index (χ0) is 13.0. The van der Waals surface area contributed by atoms with Crippen molar-refractivity contribution in [1.29, 1.82) is 0 Å². The van der Waals surface area contributed by atoms with Crippen LogP contribution in [-0.4, -0.2) is 42.2 Å². The van der Waals surface area contributed by atoms with Crippen molar-refractivity contribution in [2.45, 2.75) is 25.4 Å². The number of likely N-dealkylation sites (N-methyl/N-ethyl adjacent to an activating group) is 1. The minimum Gasteiger partial charge on any atom is -0.489 e. The lowest BCUT2D eigenvalue weighted by Crippen LogP contribution is -2.38. The van der Waals surface area contributed by atoms with E-state index in [1.807, 2.05) is 24.3 Å². The van der Waals surface area contributed by atoms with Gasteiger partial charge < -0.3 is 14.7 Å². The lowest BCUT2D eigenvalue weighted by molar-refractivity contribution is -0.136. The molecule has 2 rings (SSSR count). The molecule has 18 heavy (non-hydrogen) atoms. The van der Waals surface area contributed by atoms with Gasteiger partial charge in [0.1, 0.15) is 11.9 Å². The first-order valence-corrected chi connectivity index (χ1v) is 6.30. The van der Waals surface area contributed by atoms with Crippen LogP contribution in [0.3, 0.4) is 0 Å². The molecule has 98 valence electrons. The topological polar surface area (TPSA) is 49.8 Å². The van der Waals surface area contributed by atoms with Gasteiger partial charge in [-0.3, -0.25) is 4.79 Å². The van der Waals surface area contributed by atoms with E-state index in [2.05, 4.69) is 11.9 Å². The second-order valence-corrected chi connectivity index (χ2v) is 4.82. The summed E-state index contributed by atoms with van der Waals surface area (Å²) in [6, 6.07) is 7.40. The summed E-state index contributed by atoms with van der Waals surface area (Å²) in [5.74, 6) is -0.119. The number of benzene rings is 1. The number of hydrogen-bond acceptors (Lipinski definition) is 3. The molecule has 4 heteroatoms. The lowest BCUT2D eigenvalue weighted by Gasteiger charge is -2.30. The molecule has 1 aliphatic rings. The fraction of sp³-hybridized carbons (Fsp3) is 0.500. The fourth-order valence-corrected chi connectivity index (χ4v) is 2.32. The Balaban J connectivity index is 2.05. The van der Waals surface area contributed by atoms with Crippen molar-refractivity contribution < 1.29 is 14.6 Å². The number of para-hydroxylation sites is 1. The molecule has 0 aromatic heterocycles. The molecular formula is C14H19NO3. The van der Waals surface area contributed by atoms with Gasteiger partial charge in [-0.15, -0.1) is 0 Å². The third-order valence-corrected chi connectivity index (χ3v) is 3.19. The quantitative estimate of drug-likeness (QED) is 0.883. The number of carboxylic acid groups (broad SMARTS) is 1. The number of piperidine rings is 1. The van der Waals surface area contributed by atoms with Gasteiger partial charge in [0.05, 0.1) is 6.42 Å². The molecule has 1 fully saturated rings. The van der Waals surface area contributed by atoms with Crippen molar-refractivity contribution in [1.82, 2.24) is 4.90 Å². The van der Waals surface area contributed by atoms with Gasteiger partial charge in [-0.1, -0.05) is 18.2 Å². The van der Waals surface area contributed by atoms with Gasteiger partial charge in [-0.25, -0.2) is 0 Å². The van der Waals surface area contributed by atoms with E-state index in [-0.39, 0.29) is 12.5 Å². The Kier molecular flexibility index (Phi) is 4.20. The first-order valence-electron chi connectivity index (χ1n) is 6.30. The predicted octanol–water partition coefficient (Wildman–Crippen LogP) is 1.79. The van der Waals surface area contributed by atoms with Gasteiger partial charge in [-0.2, -0.15) is 0 Å². The second-order valence-electron chi connectivity index (χ2n) is 4.82. The van der Waals surface area contributed by atoms with Crippen molar-refractivity contribution in [3.8, 4) is 5.75 Å². The number of carbonyl (C=O) groups is 1. The minimum atomic E-state index is -0.827. The monoisotopic (exact) mass is 249 g/mol. The van der Waals surface area contributed by atoms with Crippen LogP contribution in [0.25, 0.3) is 0 Å². The molecule has 4 nitrogen and oxygen atoms in total. The van der Waals surface area contributed by atoms with E-state index in [9.17, 15) is 4.79 Å². The standard InChI is InChI=1S/C14H19NO3/c1-15-8-4-6-12(10-15)18-13-7-3-2-5-11(13)9-14(16)17/h2-3,5,7,12H,4,6,8-10H2,1H3,(H,16,17). The highest BCUT2D eigenvalue weighted by Gasteiger charge is 2.19. The summed E-state index contributed by atoms with van der Waals surface area (Å²) in [5, 5.41) is 8.88. The highest BCUT2D eigenvalue weighted by atomic mass is 16.5. The highest BCUT2D eigenvalue weighted by Crippen LogP contribution is 2.22. The van der Waals surface area contributed by atoms with Crippen LogP contribution < -0.4 is 4.74 Å². The van der Waals surface area contributed by atoms with E-state index in [1.54, 1.807) is 0 Å². The number of likely N-dealkylation sites (tertiary alicyclic amines) is 1. The average molecular weight is 249 g/mol. The number of rotatable bonds is 4. The van der Waals surface area contributed by atoms with Crippen molar-refractivity contribution in [2.75, 3.05) is 20.1 Å². The van der Waals surface area contributed by atoms with Gasteiger partial charge in [0.15, 0.2) is 0 Å². The smallest absolute Gasteiger partial charge is 0.307 e. The molecule has 0 amide bonds. The molecule has 1 N–H and O–H groups in total. The predicted molar refractivity (Wildman–Crippen MR) is 68.9 cm³/mol. The second kappa shape index (κ2) is 5.87. The van der Waals surface area contributed by atoms with Crippen molar-refractivity contribution >= 4 is 5.97 Å². The number of aliphatic carboxylic acids is 1. The van der Waals surface area contributed by atoms with Crippen LogP contribution in [0.2, 0.25) is 0 Å². The molecule has 0 spiro atoms. The first kappa shape index (κ1) is 12.9. The lowest BCUT2D eigenvalue weighted by atomic mass is 10.1. The summed E-state index contributed by atoms with van der Waals surface area (Å²) in [6.07, 6.45) is 2.34. The maximum atomic E-state index is 10.8. The van der Waals surface area contributed by atoms with E-state index in [4.69, 9.17) is 9.84 Å². The normalized spacial score (nSPS) is 20.6. The molecule has 1 aromatic rings. The fourth-order valence-electron chi connectivity index (χ4n) is 2.32. The molecule has 0 aliphatic carbocycles. The van der Waals surface area contributed by atoms with E-state index < -0.39 is 5.97 Å². The summed E-state index contributed by atoms with van der Waals surface area (Å²) in [4.78, 5) is 13.0. The van der Waals surface area contributed by atoms with E-state index in [0.29, 0.717) is 5.75 Å². The molecule has 1 aliphatic heterocycles. The van der Waals surface area contributed by atoms with Crippen LogP contribution in [0.15, 0.2) is 24.3 Å². The van der Waals surface area contributed by atoms with Crippen LogP contribution in [0.1, 0.15) is 18.4 Å². The molecule has 1 aromatic carbocycles. The van der Waals surface area contributed by atoms with Gasteiger partial charge >= 0.3 is 5.97 Å². The van der Waals surface area contributed by atoms with Crippen LogP contribution in [-0.2, 0) is 11.2 Å². The zero-order valence-corrected chi connectivity index (χ0v) is 10.6. The molecule has 1 atom stereocenters. The van der Waals surface area contributed by atoms with Gasteiger partial charge in [-0.05, 0) is 32.5 Å². The summed E-state index contributed by atoms with van der Waals surface area (Å²) in [5.41, 5.74) is 0.748. The Morgan fingerprint density at radius 1 is 1.50 bits per heavy atom. The summed E-state index contributed by atoms with van der Waals surface area (Å²) in [7, 11) is 2.08. The average Bonchev–Trinajstić information content (AvgIpc) is 2.31. The van der Waals surface area contributed by atoms with Gasteiger partial charge in [0, 0.05) is 12.1 Å². The SMILES string of the molecule is CN1CCCC(Oc2ccccc2CC(=O)O)C1. The molecule has 0 bridgehead atoms. The molecular weight excluding hydrogens is 230 g/mol. The van der Waals surface area contributed by atoms with Crippen molar-refractivity contribution in [2.24, 2.45) is 0 Å². The molecule has 0 saturated carbocycles. The van der Waals surface area contributed by atoms with E-state index in [0.717, 1.165) is 31.5 Å². The van der Waals surface area contributed by atoms with Crippen molar-refractivity contribution in [3.63, 3.8) is 0 Å². The Hall–Kier alpha value is -1.55. The van der Waals surface area contributed by atoms with Crippen molar-refractivity contribution in [3.05, 3.63) is 29.8 Å². The Morgan fingerprint density at radius 2 is 2.28 bits per heavy atom. The largest absolute Gasteiger partial charge is 0.489 e. The van der Waals surface area contributed by atoms with Crippen LogP contribution in [0.4, 0.5) is 0 Å². The Bertz CT molecular complexity index is 419. The highest BCUT2D eigenvalue weighted by molar-refractivity contribution is 5.71. The molecule has 1 unspecified atom stereocenters. The van der Waals surface area contributed by atoms with E-state index >= 15 is 0 Å². The molecule has 0 radical (unpaired) electrons. The zero-order valence-electron chi connectivity index (χ0n) is 10.6. The van der Waals surface area contributed by atoms with Crippen LogP contribution >= 0.6 is 0 Å². The molecule has 1 saturated heterocycles. The minimum absolute atomic E-state index is 0.0126. The number of nitrogens with zero attached hydrogens (tertiary/aromatic N) is 1. The van der Waals surface area contributed by atoms with Gasteiger partial charge in [0.25, 0.3) is 0 Å². The molecule has 1 heterocycles. The third kappa shape index (κ3) is 3.47. The van der Waals surface area contributed by atoms with Crippen LogP contribution in [0, 0.1) is 0 Å². The summed E-state index contributed by atoms with van der Waals surface area (Å²) >= 11 is 0. The number of hydrogen-bond donors (Lipinski definition) is 1. The summed E-state index contributed by atoms with van der Waals surface area (Å²) in [6.45, 7) is 2.01. The Labute approximate surface area is 107 Å². The Morgan fingerprint density at radius 3 is 3.00 bits per heavy atom. The maximum absolute atomic E-state index is 10.8. The third-order valence-electron chi connectivity index (χ3n) is 3.19. The summed E-state index contributed by atoms with van der Waals surface area (Å²) < 4.78 is 5.95. The number of ether oxygens (including phenoxy) is 1. The van der Waals surface area contributed by atoms with Gasteiger partial charge in [0.2, 0.25) is 0 Å². The number of carboxylic acids is 1. The van der Waals surface area contributed by atoms with Crippen LogP contribution in [0.5, 0.6) is 5.75 Å².